The molecule has 0 aliphatic carbocycles. The van der Waals surface area contributed by atoms with Crippen molar-refractivity contribution < 1.29 is 9.53 Å². The Morgan fingerprint density at radius 1 is 1.44 bits per heavy atom. The smallest absolute Gasteiger partial charge is 0.230 e. The van der Waals surface area contributed by atoms with Crippen LogP contribution in [0.4, 0.5) is 5.69 Å². The summed E-state index contributed by atoms with van der Waals surface area (Å²) in [6.07, 6.45) is 0.846. The summed E-state index contributed by atoms with van der Waals surface area (Å²) in [6.45, 7) is 3.20. The summed E-state index contributed by atoms with van der Waals surface area (Å²) in [4.78, 5) is 13.9. The van der Waals surface area contributed by atoms with E-state index in [0.29, 0.717) is 13.2 Å². The number of hydrogen-bond donors (Lipinski definition) is 0. The van der Waals surface area contributed by atoms with Crippen molar-refractivity contribution in [2.45, 2.75) is 13.3 Å². The van der Waals surface area contributed by atoms with Gasteiger partial charge in [0.05, 0.1) is 6.61 Å². The summed E-state index contributed by atoms with van der Waals surface area (Å²) < 4.78 is 5.05. The first-order valence-corrected chi connectivity index (χ1v) is 5.62. The molecule has 3 heteroatoms. The molecular formula is C13H17NO2. The lowest BCUT2D eigenvalue weighted by Crippen LogP contribution is -2.42. The van der Waals surface area contributed by atoms with Crippen molar-refractivity contribution in [1.29, 1.82) is 0 Å². The predicted octanol–water partition coefficient (Wildman–Crippen LogP) is 1.86. The Labute approximate surface area is 96.0 Å². The lowest BCUT2D eigenvalue weighted by Gasteiger charge is -2.32. The molecule has 2 rings (SSSR count). The van der Waals surface area contributed by atoms with E-state index in [9.17, 15) is 4.79 Å². The van der Waals surface area contributed by atoms with Gasteiger partial charge in [-0.25, -0.2) is 0 Å². The van der Waals surface area contributed by atoms with E-state index in [1.165, 1.54) is 5.56 Å². The zero-order valence-electron chi connectivity index (χ0n) is 9.77. The highest BCUT2D eigenvalue weighted by Gasteiger charge is 2.28. The van der Waals surface area contributed by atoms with Crippen molar-refractivity contribution in [3.05, 3.63) is 29.8 Å². The highest BCUT2D eigenvalue weighted by molar-refractivity contribution is 5.97. The predicted molar refractivity (Wildman–Crippen MR) is 63.5 cm³/mol. The van der Waals surface area contributed by atoms with Gasteiger partial charge in [0.2, 0.25) is 5.91 Å². The molecular weight excluding hydrogens is 202 g/mol. The van der Waals surface area contributed by atoms with E-state index in [4.69, 9.17) is 4.74 Å². The molecule has 1 aliphatic heterocycles. The van der Waals surface area contributed by atoms with Crippen molar-refractivity contribution in [3.63, 3.8) is 0 Å². The normalized spacial score (nSPS) is 19.8. The van der Waals surface area contributed by atoms with Crippen LogP contribution in [0, 0.1) is 5.92 Å². The molecule has 1 atom stereocenters. The number of hydrogen-bond acceptors (Lipinski definition) is 2. The fraction of sp³-hybridized carbons (Fsp3) is 0.462. The average molecular weight is 219 g/mol. The van der Waals surface area contributed by atoms with E-state index < -0.39 is 0 Å². The van der Waals surface area contributed by atoms with Crippen molar-refractivity contribution in [2.75, 3.05) is 25.2 Å². The van der Waals surface area contributed by atoms with Gasteiger partial charge in [0.25, 0.3) is 0 Å². The van der Waals surface area contributed by atoms with Gasteiger partial charge in [-0.05, 0) is 18.1 Å². The maximum absolute atomic E-state index is 12.1. The van der Waals surface area contributed by atoms with Crippen LogP contribution in [0.15, 0.2) is 24.3 Å². The van der Waals surface area contributed by atoms with Crippen LogP contribution in [-0.2, 0) is 16.0 Å². The highest BCUT2D eigenvalue weighted by atomic mass is 16.5. The lowest BCUT2D eigenvalue weighted by atomic mass is 9.93. The SMILES string of the molecule is COCCN1C(=O)C(C)Cc2ccccc21. The Morgan fingerprint density at radius 3 is 2.94 bits per heavy atom. The van der Waals surface area contributed by atoms with Crippen LogP contribution in [0.3, 0.4) is 0 Å². The second-order valence-corrected chi connectivity index (χ2v) is 4.22. The molecule has 1 amide bonds. The number of anilines is 1. The van der Waals surface area contributed by atoms with Crippen LogP contribution in [0.5, 0.6) is 0 Å². The van der Waals surface area contributed by atoms with E-state index in [1.807, 2.05) is 30.0 Å². The molecule has 1 aromatic carbocycles. The number of carbonyl (C=O) groups is 1. The molecule has 16 heavy (non-hydrogen) atoms. The minimum absolute atomic E-state index is 0.0757. The molecule has 0 fully saturated rings. The van der Waals surface area contributed by atoms with E-state index in [2.05, 4.69) is 6.07 Å². The summed E-state index contributed by atoms with van der Waals surface area (Å²) in [5, 5.41) is 0. The van der Waals surface area contributed by atoms with Gasteiger partial charge in [0.15, 0.2) is 0 Å². The number of methoxy groups -OCH3 is 1. The van der Waals surface area contributed by atoms with Crippen molar-refractivity contribution in [2.24, 2.45) is 5.92 Å². The van der Waals surface area contributed by atoms with Gasteiger partial charge in [-0.3, -0.25) is 4.79 Å². The van der Waals surface area contributed by atoms with E-state index >= 15 is 0 Å². The largest absolute Gasteiger partial charge is 0.383 e. The van der Waals surface area contributed by atoms with Gasteiger partial charge < -0.3 is 9.64 Å². The summed E-state index contributed by atoms with van der Waals surface area (Å²) in [7, 11) is 1.66. The summed E-state index contributed by atoms with van der Waals surface area (Å²) in [5.41, 5.74) is 2.30. The molecule has 1 aromatic rings. The summed E-state index contributed by atoms with van der Waals surface area (Å²) in [6, 6.07) is 8.10. The first-order chi connectivity index (χ1) is 7.74. The Morgan fingerprint density at radius 2 is 2.19 bits per heavy atom. The van der Waals surface area contributed by atoms with Crippen molar-refractivity contribution in [3.8, 4) is 0 Å². The van der Waals surface area contributed by atoms with E-state index in [1.54, 1.807) is 7.11 Å². The molecule has 0 aromatic heterocycles. The van der Waals surface area contributed by atoms with Crippen molar-refractivity contribution >= 4 is 11.6 Å². The standard InChI is InChI=1S/C13H17NO2/c1-10-9-11-5-3-4-6-12(11)14(13(10)15)7-8-16-2/h3-6,10H,7-9H2,1-2H3. The molecule has 0 N–H and O–H groups in total. The average Bonchev–Trinajstić information content (AvgIpc) is 2.30. The van der Waals surface area contributed by atoms with Gasteiger partial charge in [0, 0.05) is 25.3 Å². The molecule has 0 bridgehead atoms. The second kappa shape index (κ2) is 4.66. The van der Waals surface area contributed by atoms with Gasteiger partial charge in [-0.2, -0.15) is 0 Å². The molecule has 1 heterocycles. The fourth-order valence-electron chi connectivity index (χ4n) is 2.16. The molecule has 0 saturated carbocycles. The third kappa shape index (κ3) is 1.95. The maximum Gasteiger partial charge on any atom is 0.230 e. The Balaban J connectivity index is 2.30. The van der Waals surface area contributed by atoms with Crippen LogP contribution in [0.25, 0.3) is 0 Å². The monoisotopic (exact) mass is 219 g/mol. The number of nitrogens with zero attached hydrogens (tertiary/aromatic N) is 1. The van der Waals surface area contributed by atoms with E-state index in [0.717, 1.165) is 12.1 Å². The number of amides is 1. The van der Waals surface area contributed by atoms with E-state index in [-0.39, 0.29) is 11.8 Å². The van der Waals surface area contributed by atoms with Crippen molar-refractivity contribution in [1.82, 2.24) is 0 Å². The molecule has 0 radical (unpaired) electrons. The second-order valence-electron chi connectivity index (χ2n) is 4.22. The molecule has 3 nitrogen and oxygen atoms in total. The summed E-state index contributed by atoms with van der Waals surface area (Å²) in [5.74, 6) is 0.280. The number of para-hydroxylation sites is 1. The molecule has 1 aliphatic rings. The number of fused-ring (bicyclic) bond motifs is 1. The van der Waals surface area contributed by atoms with Crippen LogP contribution < -0.4 is 4.90 Å². The van der Waals surface area contributed by atoms with Gasteiger partial charge >= 0.3 is 0 Å². The molecule has 0 saturated heterocycles. The number of ether oxygens (including phenoxy) is 1. The van der Waals surface area contributed by atoms with Crippen LogP contribution in [0.1, 0.15) is 12.5 Å². The van der Waals surface area contributed by atoms with Gasteiger partial charge in [-0.1, -0.05) is 25.1 Å². The molecule has 1 unspecified atom stereocenters. The minimum Gasteiger partial charge on any atom is -0.383 e. The quantitative estimate of drug-likeness (QED) is 0.776. The zero-order valence-corrected chi connectivity index (χ0v) is 9.77. The summed E-state index contributed by atoms with van der Waals surface area (Å²) >= 11 is 0. The Kier molecular flexibility index (Phi) is 3.25. The van der Waals surface area contributed by atoms with Crippen LogP contribution in [0.2, 0.25) is 0 Å². The zero-order chi connectivity index (χ0) is 11.5. The molecule has 86 valence electrons. The van der Waals surface area contributed by atoms with Gasteiger partial charge in [-0.15, -0.1) is 0 Å². The highest BCUT2D eigenvalue weighted by Crippen LogP contribution is 2.29. The first-order valence-electron chi connectivity index (χ1n) is 5.62. The number of rotatable bonds is 3. The third-order valence-electron chi connectivity index (χ3n) is 3.02. The maximum atomic E-state index is 12.1. The molecule has 0 spiro atoms. The van der Waals surface area contributed by atoms with Gasteiger partial charge in [0.1, 0.15) is 0 Å². The fourth-order valence-corrected chi connectivity index (χ4v) is 2.16. The number of carbonyl (C=O) groups excluding carboxylic acids is 1. The number of benzene rings is 1. The topological polar surface area (TPSA) is 29.5 Å². The third-order valence-corrected chi connectivity index (χ3v) is 3.02. The van der Waals surface area contributed by atoms with Crippen LogP contribution in [-0.4, -0.2) is 26.2 Å². The minimum atomic E-state index is 0.0757. The van der Waals surface area contributed by atoms with Crippen LogP contribution >= 0.6 is 0 Å². The first kappa shape index (κ1) is 11.1. The Bertz CT molecular complexity index is 389. The lowest BCUT2D eigenvalue weighted by molar-refractivity contribution is -0.122. The Hall–Kier alpha value is -1.35.